The summed E-state index contributed by atoms with van der Waals surface area (Å²) in [7, 11) is 0. The third-order valence-corrected chi connectivity index (χ3v) is 5.93. The van der Waals surface area contributed by atoms with Crippen LogP contribution in [0.5, 0.6) is 5.75 Å². The standard InChI is InChI=1S/C24H24BrClN2O2/c1-15-7-9-19(11-16(15)2)28-24(29)14-30-23-10-8-18(12-20(23)25)13-27-22-6-4-5-21(26)17(22)3/h4-12,27H,13-14H2,1-3H3,(H,28,29). The number of carbonyl (C=O) groups excluding carboxylic acids is 1. The van der Waals surface area contributed by atoms with E-state index in [0.717, 1.165) is 37.6 Å². The second kappa shape index (κ2) is 10.0. The van der Waals surface area contributed by atoms with E-state index in [-0.39, 0.29) is 12.5 Å². The Balaban J connectivity index is 1.55. The molecule has 3 aromatic rings. The van der Waals surface area contributed by atoms with Crippen LogP contribution in [0.4, 0.5) is 11.4 Å². The Bertz CT molecular complexity index is 1070. The van der Waals surface area contributed by atoms with Crippen molar-refractivity contribution in [2.24, 2.45) is 0 Å². The summed E-state index contributed by atoms with van der Waals surface area (Å²) < 4.78 is 6.48. The molecule has 0 saturated carbocycles. The summed E-state index contributed by atoms with van der Waals surface area (Å²) in [5.41, 5.74) is 6.19. The number of rotatable bonds is 7. The molecule has 0 fully saturated rings. The van der Waals surface area contributed by atoms with Crippen LogP contribution in [-0.4, -0.2) is 12.5 Å². The summed E-state index contributed by atoms with van der Waals surface area (Å²) in [5.74, 6) is 0.417. The lowest BCUT2D eigenvalue weighted by Crippen LogP contribution is -2.20. The van der Waals surface area contributed by atoms with Crippen LogP contribution in [-0.2, 0) is 11.3 Å². The van der Waals surface area contributed by atoms with Gasteiger partial charge in [-0.3, -0.25) is 4.79 Å². The van der Waals surface area contributed by atoms with Crippen LogP contribution in [0.3, 0.4) is 0 Å². The first-order valence-corrected chi connectivity index (χ1v) is 10.8. The van der Waals surface area contributed by atoms with E-state index in [1.807, 2.05) is 75.4 Å². The van der Waals surface area contributed by atoms with Crippen LogP contribution in [0, 0.1) is 20.8 Å². The lowest BCUT2D eigenvalue weighted by molar-refractivity contribution is -0.118. The van der Waals surface area contributed by atoms with Crippen LogP contribution >= 0.6 is 27.5 Å². The fourth-order valence-electron chi connectivity index (χ4n) is 2.93. The number of nitrogens with one attached hydrogen (secondary N) is 2. The summed E-state index contributed by atoms with van der Waals surface area (Å²) in [6, 6.07) is 17.4. The van der Waals surface area contributed by atoms with E-state index in [9.17, 15) is 4.79 Å². The van der Waals surface area contributed by atoms with Gasteiger partial charge in [0, 0.05) is 22.9 Å². The van der Waals surface area contributed by atoms with Gasteiger partial charge in [-0.05, 0) is 95.4 Å². The number of amides is 1. The highest BCUT2D eigenvalue weighted by Gasteiger charge is 2.08. The maximum atomic E-state index is 12.2. The zero-order chi connectivity index (χ0) is 21.7. The van der Waals surface area contributed by atoms with Crippen molar-refractivity contribution in [3.63, 3.8) is 0 Å². The molecular formula is C24H24BrClN2O2. The van der Waals surface area contributed by atoms with Crippen molar-refractivity contribution in [2.75, 3.05) is 17.2 Å². The number of aryl methyl sites for hydroxylation is 2. The third kappa shape index (κ3) is 5.77. The highest BCUT2D eigenvalue weighted by atomic mass is 79.9. The molecule has 3 aromatic carbocycles. The van der Waals surface area contributed by atoms with Gasteiger partial charge in [-0.15, -0.1) is 0 Å². The molecule has 0 aliphatic rings. The van der Waals surface area contributed by atoms with Gasteiger partial charge >= 0.3 is 0 Å². The van der Waals surface area contributed by atoms with Gasteiger partial charge in [0.05, 0.1) is 4.47 Å². The van der Waals surface area contributed by atoms with Crippen molar-refractivity contribution in [1.29, 1.82) is 0 Å². The van der Waals surface area contributed by atoms with Gasteiger partial charge < -0.3 is 15.4 Å². The average Bonchev–Trinajstić information content (AvgIpc) is 2.71. The van der Waals surface area contributed by atoms with Gasteiger partial charge in [-0.25, -0.2) is 0 Å². The molecule has 0 saturated heterocycles. The summed E-state index contributed by atoms with van der Waals surface area (Å²) in [4.78, 5) is 12.2. The smallest absolute Gasteiger partial charge is 0.262 e. The second-order valence-corrected chi connectivity index (χ2v) is 8.43. The van der Waals surface area contributed by atoms with E-state index < -0.39 is 0 Å². The van der Waals surface area contributed by atoms with Gasteiger partial charge in [0.1, 0.15) is 5.75 Å². The predicted molar refractivity (Wildman–Crippen MR) is 128 cm³/mol. The number of hydrogen-bond donors (Lipinski definition) is 2. The number of carbonyl (C=O) groups is 1. The highest BCUT2D eigenvalue weighted by molar-refractivity contribution is 9.10. The highest BCUT2D eigenvalue weighted by Crippen LogP contribution is 2.28. The zero-order valence-electron chi connectivity index (χ0n) is 17.2. The minimum atomic E-state index is -0.202. The van der Waals surface area contributed by atoms with Crippen molar-refractivity contribution in [3.05, 3.63) is 86.3 Å². The molecule has 4 nitrogen and oxygen atoms in total. The lowest BCUT2D eigenvalue weighted by Gasteiger charge is -2.13. The topological polar surface area (TPSA) is 50.4 Å². The van der Waals surface area contributed by atoms with Crippen molar-refractivity contribution in [1.82, 2.24) is 0 Å². The van der Waals surface area contributed by atoms with E-state index in [4.69, 9.17) is 16.3 Å². The number of benzene rings is 3. The minimum absolute atomic E-state index is 0.0647. The van der Waals surface area contributed by atoms with Gasteiger partial charge in [-0.1, -0.05) is 29.8 Å². The molecule has 0 aliphatic carbocycles. The van der Waals surface area contributed by atoms with E-state index in [1.54, 1.807) is 0 Å². The Morgan fingerprint density at radius 3 is 2.57 bits per heavy atom. The summed E-state index contributed by atoms with van der Waals surface area (Å²) >= 11 is 9.70. The molecule has 6 heteroatoms. The van der Waals surface area contributed by atoms with Crippen LogP contribution in [0.25, 0.3) is 0 Å². The van der Waals surface area contributed by atoms with E-state index in [1.165, 1.54) is 5.56 Å². The summed E-state index contributed by atoms with van der Waals surface area (Å²) in [6.45, 7) is 6.62. The van der Waals surface area contributed by atoms with Crippen molar-refractivity contribution in [2.45, 2.75) is 27.3 Å². The second-order valence-electron chi connectivity index (χ2n) is 7.17. The molecule has 0 aliphatic heterocycles. The molecule has 0 radical (unpaired) electrons. The first-order valence-electron chi connectivity index (χ1n) is 9.61. The number of halogens is 2. The Hall–Kier alpha value is -2.50. The van der Waals surface area contributed by atoms with Gasteiger partial charge in [0.25, 0.3) is 5.91 Å². The minimum Gasteiger partial charge on any atom is -0.483 e. The lowest BCUT2D eigenvalue weighted by atomic mass is 10.1. The Labute approximate surface area is 190 Å². The van der Waals surface area contributed by atoms with Crippen molar-refractivity contribution >= 4 is 44.8 Å². The number of ether oxygens (including phenoxy) is 1. The van der Waals surface area contributed by atoms with Crippen LogP contribution in [0.2, 0.25) is 5.02 Å². The maximum Gasteiger partial charge on any atom is 0.262 e. The molecule has 0 spiro atoms. The molecule has 3 rings (SSSR count). The molecule has 0 atom stereocenters. The zero-order valence-corrected chi connectivity index (χ0v) is 19.5. The Morgan fingerprint density at radius 1 is 1.03 bits per heavy atom. The monoisotopic (exact) mass is 486 g/mol. The molecule has 30 heavy (non-hydrogen) atoms. The molecule has 0 bridgehead atoms. The first kappa shape index (κ1) is 22.2. The number of anilines is 2. The summed E-state index contributed by atoms with van der Waals surface area (Å²) in [6.07, 6.45) is 0. The maximum absolute atomic E-state index is 12.2. The fourth-order valence-corrected chi connectivity index (χ4v) is 3.64. The van der Waals surface area contributed by atoms with Crippen molar-refractivity contribution in [3.8, 4) is 5.75 Å². The van der Waals surface area contributed by atoms with Crippen LogP contribution < -0.4 is 15.4 Å². The Kier molecular flexibility index (Phi) is 7.40. The normalized spacial score (nSPS) is 10.6. The largest absolute Gasteiger partial charge is 0.483 e. The van der Waals surface area contributed by atoms with E-state index >= 15 is 0 Å². The summed E-state index contributed by atoms with van der Waals surface area (Å²) in [5, 5.41) is 6.99. The fraction of sp³-hybridized carbons (Fsp3) is 0.208. The quantitative estimate of drug-likeness (QED) is 0.392. The van der Waals surface area contributed by atoms with E-state index in [0.29, 0.717) is 12.3 Å². The van der Waals surface area contributed by atoms with Crippen LogP contribution in [0.1, 0.15) is 22.3 Å². The molecular weight excluding hydrogens is 464 g/mol. The Morgan fingerprint density at radius 2 is 1.83 bits per heavy atom. The third-order valence-electron chi connectivity index (χ3n) is 4.90. The molecule has 0 unspecified atom stereocenters. The van der Waals surface area contributed by atoms with Crippen LogP contribution in [0.15, 0.2) is 59.1 Å². The van der Waals surface area contributed by atoms with Gasteiger partial charge in [-0.2, -0.15) is 0 Å². The van der Waals surface area contributed by atoms with Gasteiger partial charge in [0.2, 0.25) is 0 Å². The van der Waals surface area contributed by atoms with Gasteiger partial charge in [0.15, 0.2) is 6.61 Å². The average molecular weight is 488 g/mol. The molecule has 1 amide bonds. The first-order chi connectivity index (χ1) is 14.3. The SMILES string of the molecule is Cc1ccc(NC(=O)COc2ccc(CNc3cccc(Cl)c3C)cc2Br)cc1C. The van der Waals surface area contributed by atoms with E-state index in [2.05, 4.69) is 26.6 Å². The number of hydrogen-bond acceptors (Lipinski definition) is 3. The predicted octanol–water partition coefficient (Wildman–Crippen LogP) is 6.66. The van der Waals surface area contributed by atoms with Crippen molar-refractivity contribution < 1.29 is 9.53 Å². The molecule has 0 heterocycles. The molecule has 156 valence electrons. The molecule has 0 aromatic heterocycles. The molecule has 2 N–H and O–H groups in total.